The van der Waals surface area contributed by atoms with Gasteiger partial charge in [0, 0.05) is 25.1 Å². The maximum Gasteiger partial charge on any atom is 0.255 e. The van der Waals surface area contributed by atoms with Crippen molar-refractivity contribution in [3.05, 3.63) is 107 Å². The van der Waals surface area contributed by atoms with Crippen molar-refractivity contribution in [2.75, 3.05) is 0 Å². The van der Waals surface area contributed by atoms with Gasteiger partial charge in [-0.25, -0.2) is 0 Å². The molecule has 0 fully saturated rings. The van der Waals surface area contributed by atoms with Gasteiger partial charge in [-0.15, -0.1) is 0 Å². The monoisotopic (exact) mass is 398 g/mol. The Morgan fingerprint density at radius 1 is 0.967 bits per heavy atom. The van der Waals surface area contributed by atoms with Crippen LogP contribution in [0.25, 0.3) is 0 Å². The molecule has 0 saturated carbocycles. The van der Waals surface area contributed by atoms with E-state index >= 15 is 0 Å². The molecule has 1 aliphatic rings. The standard InChI is InChI=1S/C26H26N2O2/c1-19-9-8-12-21(15-19)18-28-24(29)23-14-7-6-13-22(23)16-26(28,2)25(30)27-17-20-10-4-3-5-11-20/h3-15H,16-18H2,1-2H3,(H,27,30)/t26-/m0/s1. The van der Waals surface area contributed by atoms with Crippen LogP contribution in [-0.2, 0) is 24.3 Å². The van der Waals surface area contributed by atoms with Gasteiger partial charge in [-0.1, -0.05) is 78.4 Å². The lowest BCUT2D eigenvalue weighted by atomic mass is 9.82. The Balaban J connectivity index is 1.66. The zero-order valence-corrected chi connectivity index (χ0v) is 17.4. The average Bonchev–Trinajstić information content (AvgIpc) is 2.76. The number of carbonyl (C=O) groups excluding carboxylic acids is 2. The highest BCUT2D eigenvalue weighted by Crippen LogP contribution is 2.33. The Morgan fingerprint density at radius 2 is 1.67 bits per heavy atom. The third-order valence-electron chi connectivity index (χ3n) is 5.83. The molecule has 0 unspecified atom stereocenters. The Hall–Kier alpha value is -3.40. The van der Waals surface area contributed by atoms with Crippen molar-refractivity contribution < 1.29 is 9.59 Å². The number of amides is 2. The van der Waals surface area contributed by atoms with E-state index in [-0.39, 0.29) is 11.8 Å². The molecule has 4 nitrogen and oxygen atoms in total. The highest BCUT2D eigenvalue weighted by Gasteiger charge is 2.46. The van der Waals surface area contributed by atoms with Crippen LogP contribution in [0.5, 0.6) is 0 Å². The number of carbonyl (C=O) groups is 2. The smallest absolute Gasteiger partial charge is 0.255 e. The zero-order valence-electron chi connectivity index (χ0n) is 17.4. The van der Waals surface area contributed by atoms with Crippen LogP contribution < -0.4 is 5.32 Å². The first kappa shape index (κ1) is 19.9. The zero-order chi connectivity index (χ0) is 21.1. The molecular formula is C26H26N2O2. The van der Waals surface area contributed by atoms with Crippen molar-refractivity contribution in [3.8, 4) is 0 Å². The number of hydrogen-bond donors (Lipinski definition) is 1. The van der Waals surface area contributed by atoms with Gasteiger partial charge in [-0.2, -0.15) is 0 Å². The largest absolute Gasteiger partial charge is 0.350 e. The summed E-state index contributed by atoms with van der Waals surface area (Å²) in [4.78, 5) is 28.6. The molecule has 3 aromatic rings. The van der Waals surface area contributed by atoms with Crippen molar-refractivity contribution in [1.29, 1.82) is 0 Å². The van der Waals surface area contributed by atoms with Crippen molar-refractivity contribution in [2.45, 2.75) is 38.9 Å². The van der Waals surface area contributed by atoms with Crippen LogP contribution in [0.4, 0.5) is 0 Å². The summed E-state index contributed by atoms with van der Waals surface area (Å²) in [5, 5.41) is 3.05. The van der Waals surface area contributed by atoms with Gasteiger partial charge in [-0.05, 0) is 36.6 Å². The summed E-state index contributed by atoms with van der Waals surface area (Å²) in [6.45, 7) is 4.73. The lowest BCUT2D eigenvalue weighted by molar-refractivity contribution is -0.132. The van der Waals surface area contributed by atoms with Crippen molar-refractivity contribution in [1.82, 2.24) is 10.2 Å². The first-order valence-corrected chi connectivity index (χ1v) is 10.2. The van der Waals surface area contributed by atoms with Gasteiger partial charge in [0.2, 0.25) is 5.91 Å². The number of benzene rings is 3. The number of hydrogen-bond acceptors (Lipinski definition) is 2. The number of nitrogens with one attached hydrogen (secondary N) is 1. The minimum Gasteiger partial charge on any atom is -0.350 e. The molecule has 2 amide bonds. The fourth-order valence-corrected chi connectivity index (χ4v) is 4.13. The summed E-state index contributed by atoms with van der Waals surface area (Å²) in [5.41, 5.74) is 3.81. The minimum absolute atomic E-state index is 0.101. The van der Waals surface area contributed by atoms with Gasteiger partial charge in [0.25, 0.3) is 5.91 Å². The summed E-state index contributed by atoms with van der Waals surface area (Å²) in [5.74, 6) is -0.238. The predicted molar refractivity (Wildman–Crippen MR) is 118 cm³/mol. The summed E-state index contributed by atoms with van der Waals surface area (Å²) < 4.78 is 0. The van der Waals surface area contributed by atoms with E-state index in [2.05, 4.69) is 11.4 Å². The first-order chi connectivity index (χ1) is 14.5. The SMILES string of the molecule is Cc1cccc(CN2C(=O)c3ccccc3C[C@@]2(C)C(=O)NCc2ccccc2)c1. The Kier molecular flexibility index (Phi) is 5.40. The fraction of sp³-hybridized carbons (Fsp3) is 0.231. The van der Waals surface area contributed by atoms with E-state index in [0.29, 0.717) is 25.1 Å². The Labute approximate surface area is 177 Å². The lowest BCUT2D eigenvalue weighted by Gasteiger charge is -2.44. The first-order valence-electron chi connectivity index (χ1n) is 10.2. The van der Waals surface area contributed by atoms with Gasteiger partial charge in [0.05, 0.1) is 0 Å². The average molecular weight is 399 g/mol. The summed E-state index contributed by atoms with van der Waals surface area (Å²) in [6, 6.07) is 25.5. The van der Waals surface area contributed by atoms with E-state index in [4.69, 9.17) is 0 Å². The molecule has 0 bridgehead atoms. The lowest BCUT2D eigenvalue weighted by Crippen LogP contribution is -2.62. The molecule has 1 heterocycles. The van der Waals surface area contributed by atoms with Crippen LogP contribution in [0.3, 0.4) is 0 Å². The maximum absolute atomic E-state index is 13.4. The second-order valence-electron chi connectivity index (χ2n) is 8.16. The molecule has 30 heavy (non-hydrogen) atoms. The Morgan fingerprint density at radius 3 is 2.43 bits per heavy atom. The molecule has 4 heteroatoms. The molecule has 0 aromatic heterocycles. The number of aryl methyl sites for hydroxylation is 1. The second kappa shape index (κ2) is 8.15. The Bertz CT molecular complexity index is 1080. The molecule has 1 aliphatic heterocycles. The third-order valence-corrected chi connectivity index (χ3v) is 5.83. The number of rotatable bonds is 5. The maximum atomic E-state index is 13.4. The van der Waals surface area contributed by atoms with E-state index in [1.165, 1.54) is 0 Å². The fourth-order valence-electron chi connectivity index (χ4n) is 4.13. The van der Waals surface area contributed by atoms with Gasteiger partial charge in [0.1, 0.15) is 5.54 Å². The number of nitrogens with zero attached hydrogens (tertiary/aromatic N) is 1. The number of fused-ring (bicyclic) bond motifs is 1. The summed E-state index contributed by atoms with van der Waals surface area (Å²) in [7, 11) is 0. The van der Waals surface area contributed by atoms with E-state index < -0.39 is 5.54 Å². The van der Waals surface area contributed by atoms with Crippen LogP contribution in [0.2, 0.25) is 0 Å². The summed E-state index contributed by atoms with van der Waals surface area (Å²) in [6.07, 6.45) is 0.487. The molecule has 1 atom stereocenters. The molecule has 4 rings (SSSR count). The predicted octanol–water partition coefficient (Wildman–Crippen LogP) is 4.27. The molecule has 152 valence electrons. The van der Waals surface area contributed by atoms with E-state index in [1.54, 1.807) is 4.90 Å². The van der Waals surface area contributed by atoms with Crippen molar-refractivity contribution in [2.24, 2.45) is 0 Å². The highest BCUT2D eigenvalue weighted by molar-refractivity contribution is 6.02. The van der Waals surface area contributed by atoms with Gasteiger partial charge < -0.3 is 10.2 Å². The topological polar surface area (TPSA) is 49.4 Å². The molecule has 0 spiro atoms. The third kappa shape index (κ3) is 3.86. The van der Waals surface area contributed by atoms with E-state index in [1.807, 2.05) is 86.6 Å². The van der Waals surface area contributed by atoms with Gasteiger partial charge in [-0.3, -0.25) is 9.59 Å². The quantitative estimate of drug-likeness (QED) is 0.698. The molecular weight excluding hydrogens is 372 g/mol. The molecule has 3 aromatic carbocycles. The highest BCUT2D eigenvalue weighted by atomic mass is 16.2. The molecule has 0 radical (unpaired) electrons. The van der Waals surface area contributed by atoms with Crippen molar-refractivity contribution in [3.63, 3.8) is 0 Å². The molecule has 0 saturated heterocycles. The van der Waals surface area contributed by atoms with Crippen LogP contribution in [0.1, 0.15) is 39.5 Å². The van der Waals surface area contributed by atoms with Gasteiger partial charge in [0.15, 0.2) is 0 Å². The van der Waals surface area contributed by atoms with Crippen LogP contribution >= 0.6 is 0 Å². The van der Waals surface area contributed by atoms with Crippen LogP contribution in [-0.4, -0.2) is 22.3 Å². The van der Waals surface area contributed by atoms with Crippen molar-refractivity contribution >= 4 is 11.8 Å². The van der Waals surface area contributed by atoms with E-state index in [0.717, 1.165) is 22.3 Å². The molecule has 0 aliphatic carbocycles. The second-order valence-corrected chi connectivity index (χ2v) is 8.16. The van der Waals surface area contributed by atoms with Gasteiger partial charge >= 0.3 is 0 Å². The molecule has 1 N–H and O–H groups in total. The minimum atomic E-state index is -0.968. The van der Waals surface area contributed by atoms with Crippen LogP contribution in [0.15, 0.2) is 78.9 Å². The van der Waals surface area contributed by atoms with Crippen LogP contribution in [0, 0.1) is 6.92 Å². The summed E-state index contributed by atoms with van der Waals surface area (Å²) >= 11 is 0. The normalized spacial score (nSPS) is 18.1. The van der Waals surface area contributed by atoms with E-state index in [9.17, 15) is 9.59 Å².